The third-order valence-corrected chi connectivity index (χ3v) is 7.83. The summed E-state index contributed by atoms with van der Waals surface area (Å²) in [4.78, 5) is 19.3. The predicted octanol–water partition coefficient (Wildman–Crippen LogP) is 5.29. The van der Waals surface area contributed by atoms with Crippen LogP contribution in [0.15, 0.2) is 54.6 Å². The number of rotatable bonds is 5. The number of amides is 1. The van der Waals surface area contributed by atoms with Crippen LogP contribution in [0.25, 0.3) is 21.1 Å². The topological polar surface area (TPSA) is 94.0 Å². The number of hydrogen-bond donors (Lipinski definition) is 3. The largest absolute Gasteiger partial charge is 0.399 e. The lowest BCUT2D eigenvalue weighted by Gasteiger charge is -2.24. The summed E-state index contributed by atoms with van der Waals surface area (Å²) in [5, 5.41) is 5.17. The summed E-state index contributed by atoms with van der Waals surface area (Å²) in [6.07, 6.45) is 5.08. The molecule has 2 aromatic heterocycles. The first-order valence-electron chi connectivity index (χ1n) is 11.2. The minimum atomic E-state index is -0.294. The van der Waals surface area contributed by atoms with E-state index < -0.39 is 0 Å². The van der Waals surface area contributed by atoms with Gasteiger partial charge in [0.15, 0.2) is 0 Å². The Morgan fingerprint density at radius 1 is 1.12 bits per heavy atom. The standard InChI is InChI=1S/C26H28N4OS/c1-26(9-2-3-10-26)19-7-8-21-17(12-19)11-18-14-23(32-25(18)30-21)24(31)29-22(15-27)16-5-4-6-20(28)13-16/h4-8,11-14,22H,2-3,9-10,15,27-28H2,1H3,(H,29,31)/t22-/m1/s1. The highest BCUT2D eigenvalue weighted by atomic mass is 32.1. The summed E-state index contributed by atoms with van der Waals surface area (Å²) in [5.41, 5.74) is 16.0. The highest BCUT2D eigenvalue weighted by Gasteiger charge is 2.30. The summed E-state index contributed by atoms with van der Waals surface area (Å²) < 4.78 is 0. The number of hydrogen-bond acceptors (Lipinski definition) is 5. The van der Waals surface area contributed by atoms with Crippen LogP contribution in [0.5, 0.6) is 0 Å². The molecular weight excluding hydrogens is 416 g/mol. The molecule has 1 fully saturated rings. The van der Waals surface area contributed by atoms with Gasteiger partial charge in [-0.15, -0.1) is 11.3 Å². The second kappa shape index (κ2) is 8.19. The van der Waals surface area contributed by atoms with E-state index >= 15 is 0 Å². The molecule has 1 amide bonds. The van der Waals surface area contributed by atoms with Gasteiger partial charge in [-0.1, -0.05) is 38.0 Å². The van der Waals surface area contributed by atoms with Crippen molar-refractivity contribution in [2.75, 3.05) is 12.3 Å². The summed E-state index contributed by atoms with van der Waals surface area (Å²) in [5.74, 6) is -0.144. The number of pyridine rings is 1. The lowest BCUT2D eigenvalue weighted by molar-refractivity contribution is 0.0942. The zero-order chi connectivity index (χ0) is 22.3. The molecule has 0 radical (unpaired) electrons. The molecule has 0 aliphatic heterocycles. The lowest BCUT2D eigenvalue weighted by atomic mass is 9.80. The van der Waals surface area contributed by atoms with Crippen LogP contribution in [0.1, 0.15) is 59.4 Å². The van der Waals surface area contributed by atoms with Crippen LogP contribution in [0.3, 0.4) is 0 Å². The predicted molar refractivity (Wildman–Crippen MR) is 133 cm³/mol. The minimum absolute atomic E-state index is 0.144. The van der Waals surface area contributed by atoms with Gasteiger partial charge in [0.2, 0.25) is 0 Å². The fraction of sp³-hybridized carbons (Fsp3) is 0.308. The molecule has 32 heavy (non-hydrogen) atoms. The number of nitrogen functional groups attached to an aromatic ring is 1. The molecule has 1 atom stereocenters. The number of anilines is 1. The quantitative estimate of drug-likeness (QED) is 0.364. The van der Waals surface area contributed by atoms with E-state index in [0.717, 1.165) is 26.7 Å². The maximum absolute atomic E-state index is 13.0. The molecule has 2 heterocycles. The first-order valence-corrected chi connectivity index (χ1v) is 12.0. The van der Waals surface area contributed by atoms with Crippen LogP contribution in [-0.4, -0.2) is 17.4 Å². The average molecular weight is 445 g/mol. The number of thiophene rings is 1. The molecule has 1 saturated carbocycles. The fourth-order valence-electron chi connectivity index (χ4n) is 4.85. The van der Waals surface area contributed by atoms with Crippen molar-refractivity contribution in [3.05, 3.63) is 70.6 Å². The van der Waals surface area contributed by atoms with E-state index in [1.807, 2.05) is 30.3 Å². The Labute approximate surface area is 191 Å². The number of aromatic nitrogens is 1. The average Bonchev–Trinajstić information content (AvgIpc) is 3.42. The van der Waals surface area contributed by atoms with Crippen molar-refractivity contribution in [2.24, 2.45) is 5.73 Å². The van der Waals surface area contributed by atoms with Crippen LogP contribution in [0.4, 0.5) is 5.69 Å². The van der Waals surface area contributed by atoms with Crippen LogP contribution in [0.2, 0.25) is 0 Å². The number of nitrogens with one attached hydrogen (secondary N) is 1. The van der Waals surface area contributed by atoms with E-state index in [1.54, 1.807) is 0 Å². The SMILES string of the molecule is CC1(c2ccc3nc4sc(C(=O)N[C@H](CN)c5cccc(N)c5)cc4cc3c2)CCCC1. The Bertz CT molecular complexity index is 1310. The van der Waals surface area contributed by atoms with Gasteiger partial charge in [0, 0.05) is 23.0 Å². The normalized spacial score (nSPS) is 16.4. The first-order chi connectivity index (χ1) is 15.4. The zero-order valence-corrected chi connectivity index (χ0v) is 19.0. The third kappa shape index (κ3) is 3.85. The van der Waals surface area contributed by atoms with Crippen molar-refractivity contribution in [3.8, 4) is 0 Å². The Kier molecular flexibility index (Phi) is 5.35. The van der Waals surface area contributed by atoms with E-state index in [0.29, 0.717) is 17.1 Å². The Morgan fingerprint density at radius 2 is 1.94 bits per heavy atom. The highest BCUT2D eigenvalue weighted by molar-refractivity contribution is 7.20. The van der Waals surface area contributed by atoms with Gasteiger partial charge in [0.25, 0.3) is 5.91 Å². The summed E-state index contributed by atoms with van der Waals surface area (Å²) in [7, 11) is 0. The second-order valence-electron chi connectivity index (χ2n) is 9.10. The number of carbonyl (C=O) groups excluding carboxylic acids is 1. The van der Waals surface area contributed by atoms with Gasteiger partial charge in [0.05, 0.1) is 16.4 Å². The molecule has 164 valence electrons. The number of fused-ring (bicyclic) bond motifs is 2. The molecule has 6 heteroatoms. The monoisotopic (exact) mass is 444 g/mol. The van der Waals surface area contributed by atoms with Crippen molar-refractivity contribution in [1.29, 1.82) is 0 Å². The second-order valence-corrected chi connectivity index (χ2v) is 10.1. The van der Waals surface area contributed by atoms with E-state index in [1.165, 1.54) is 42.6 Å². The maximum atomic E-state index is 13.0. The van der Waals surface area contributed by atoms with Gasteiger partial charge in [0.1, 0.15) is 4.83 Å². The van der Waals surface area contributed by atoms with Crippen LogP contribution < -0.4 is 16.8 Å². The number of carbonyl (C=O) groups is 1. The zero-order valence-electron chi connectivity index (χ0n) is 18.2. The van der Waals surface area contributed by atoms with E-state index in [-0.39, 0.29) is 17.4 Å². The number of nitrogens with zero attached hydrogens (tertiary/aromatic N) is 1. The summed E-state index contributed by atoms with van der Waals surface area (Å²) in [6.45, 7) is 2.66. The first kappa shape index (κ1) is 20.9. The summed E-state index contributed by atoms with van der Waals surface area (Å²) in [6, 6.07) is 17.9. The van der Waals surface area contributed by atoms with Gasteiger partial charge < -0.3 is 16.8 Å². The summed E-state index contributed by atoms with van der Waals surface area (Å²) >= 11 is 1.41. The van der Waals surface area contributed by atoms with Gasteiger partial charge in [-0.25, -0.2) is 4.98 Å². The van der Waals surface area contributed by atoms with Gasteiger partial charge in [-0.3, -0.25) is 4.79 Å². The Hall–Kier alpha value is -2.96. The van der Waals surface area contributed by atoms with Crippen LogP contribution in [0, 0.1) is 0 Å². The molecule has 5 nitrogen and oxygen atoms in total. The molecule has 5 rings (SSSR count). The molecular formula is C26H28N4OS. The molecule has 2 aromatic carbocycles. The smallest absolute Gasteiger partial charge is 0.261 e. The molecule has 5 N–H and O–H groups in total. The van der Waals surface area contributed by atoms with Crippen molar-refractivity contribution >= 4 is 44.1 Å². The van der Waals surface area contributed by atoms with E-state index in [2.05, 4.69) is 36.5 Å². The molecule has 0 spiro atoms. The van der Waals surface area contributed by atoms with Crippen molar-refractivity contribution in [2.45, 2.75) is 44.1 Å². The molecule has 0 bridgehead atoms. The van der Waals surface area contributed by atoms with Gasteiger partial charge in [-0.2, -0.15) is 0 Å². The number of benzene rings is 2. The number of nitrogens with two attached hydrogens (primary N) is 2. The molecule has 0 unspecified atom stereocenters. The fourth-order valence-corrected chi connectivity index (χ4v) is 5.78. The van der Waals surface area contributed by atoms with Gasteiger partial charge in [-0.05, 0) is 65.8 Å². The maximum Gasteiger partial charge on any atom is 0.261 e. The molecule has 1 aliphatic carbocycles. The lowest BCUT2D eigenvalue weighted by Crippen LogP contribution is -2.33. The molecule has 0 saturated heterocycles. The van der Waals surface area contributed by atoms with Crippen molar-refractivity contribution < 1.29 is 4.79 Å². The van der Waals surface area contributed by atoms with Gasteiger partial charge >= 0.3 is 0 Å². The van der Waals surface area contributed by atoms with Crippen molar-refractivity contribution in [1.82, 2.24) is 10.3 Å². The Morgan fingerprint density at radius 3 is 2.69 bits per heavy atom. The highest BCUT2D eigenvalue weighted by Crippen LogP contribution is 2.41. The third-order valence-electron chi connectivity index (χ3n) is 6.78. The van der Waals surface area contributed by atoms with Crippen molar-refractivity contribution in [3.63, 3.8) is 0 Å². The van der Waals surface area contributed by atoms with Crippen LogP contribution in [-0.2, 0) is 5.41 Å². The molecule has 1 aliphatic rings. The minimum Gasteiger partial charge on any atom is -0.399 e. The Balaban J connectivity index is 1.44. The van der Waals surface area contributed by atoms with E-state index in [4.69, 9.17) is 16.5 Å². The van der Waals surface area contributed by atoms with E-state index in [9.17, 15) is 4.79 Å². The molecule has 4 aromatic rings. The van der Waals surface area contributed by atoms with Crippen LogP contribution >= 0.6 is 11.3 Å².